The van der Waals surface area contributed by atoms with Crippen LogP contribution in [0.15, 0.2) is 71.6 Å². The highest BCUT2D eigenvalue weighted by Gasteiger charge is 2.35. The number of nitrogens with zero attached hydrogens (tertiary/aromatic N) is 3. The van der Waals surface area contributed by atoms with Gasteiger partial charge in [-0.25, -0.2) is 8.78 Å². The molecule has 0 unspecified atom stereocenters. The molecule has 194 valence electrons. The Labute approximate surface area is 227 Å². The van der Waals surface area contributed by atoms with E-state index in [1.807, 2.05) is 24.3 Å². The Morgan fingerprint density at radius 3 is 2.45 bits per heavy atom. The molecule has 5 rings (SSSR count). The van der Waals surface area contributed by atoms with Crippen LogP contribution in [0, 0.1) is 11.6 Å². The normalized spacial score (nSPS) is 17.0. The van der Waals surface area contributed by atoms with E-state index in [9.17, 15) is 23.2 Å². The number of piperazine rings is 1. The summed E-state index contributed by atoms with van der Waals surface area (Å²) in [6.07, 6.45) is 1.54. The molecule has 0 radical (unpaired) electrons. The lowest BCUT2D eigenvalue weighted by Crippen LogP contribution is -2.48. The van der Waals surface area contributed by atoms with Gasteiger partial charge in [-0.1, -0.05) is 35.9 Å². The highest BCUT2D eigenvalue weighted by Crippen LogP contribution is 2.34. The zero-order valence-corrected chi connectivity index (χ0v) is 21.6. The second-order valence-electron chi connectivity index (χ2n) is 8.89. The molecular formula is C28H22ClF2N3O3S. The largest absolute Gasteiger partial charge is 0.368 e. The van der Waals surface area contributed by atoms with Gasteiger partial charge in [0.15, 0.2) is 0 Å². The molecule has 0 bridgehead atoms. The van der Waals surface area contributed by atoms with E-state index < -0.39 is 22.8 Å². The Balaban J connectivity index is 1.26. The van der Waals surface area contributed by atoms with Crippen LogP contribution in [0.25, 0.3) is 6.08 Å². The lowest BCUT2D eigenvalue weighted by Gasteiger charge is -2.36. The number of carbonyl (C=O) groups is 3. The van der Waals surface area contributed by atoms with Gasteiger partial charge in [0, 0.05) is 54.1 Å². The maximum Gasteiger partial charge on any atom is 0.293 e. The number of imide groups is 1. The van der Waals surface area contributed by atoms with E-state index >= 15 is 0 Å². The summed E-state index contributed by atoms with van der Waals surface area (Å²) in [6, 6.07) is 17.5. The molecular weight excluding hydrogens is 532 g/mol. The van der Waals surface area contributed by atoms with E-state index in [-0.39, 0.29) is 22.9 Å². The number of hydrogen-bond donors (Lipinski definition) is 0. The summed E-state index contributed by atoms with van der Waals surface area (Å²) in [4.78, 5) is 43.6. The molecule has 0 aliphatic carbocycles. The van der Waals surface area contributed by atoms with Gasteiger partial charge in [-0.3, -0.25) is 19.3 Å². The molecule has 6 nitrogen and oxygen atoms in total. The standard InChI is InChI=1S/C28H22ClF2N3O3S/c29-21-5-2-6-23(15-21)32-9-11-33(12-10-32)26(35)19-4-1-3-18(13-19)14-25-27(36)34(28(37)38-25)17-20-7-8-22(30)16-24(20)31/h1-8,13-16H,9-12,17H2/b25-14-. The van der Waals surface area contributed by atoms with Crippen LogP contribution in [0.2, 0.25) is 5.02 Å². The maximum atomic E-state index is 14.0. The van der Waals surface area contributed by atoms with E-state index in [1.54, 1.807) is 35.2 Å². The molecule has 0 aromatic heterocycles. The van der Waals surface area contributed by atoms with Crippen LogP contribution in [0.3, 0.4) is 0 Å². The molecule has 0 spiro atoms. The molecule has 38 heavy (non-hydrogen) atoms. The summed E-state index contributed by atoms with van der Waals surface area (Å²) in [5.74, 6) is -2.26. The molecule has 10 heteroatoms. The molecule has 2 heterocycles. The van der Waals surface area contributed by atoms with E-state index in [1.165, 1.54) is 6.07 Å². The molecule has 0 atom stereocenters. The Kier molecular flexibility index (Phi) is 7.49. The molecule has 0 saturated carbocycles. The van der Waals surface area contributed by atoms with Crippen LogP contribution in [-0.2, 0) is 11.3 Å². The quantitative estimate of drug-likeness (QED) is 0.373. The first-order chi connectivity index (χ1) is 18.3. The van der Waals surface area contributed by atoms with Crippen LogP contribution in [0.5, 0.6) is 0 Å². The molecule has 2 saturated heterocycles. The molecule has 3 aromatic rings. The zero-order chi connectivity index (χ0) is 26.8. The van der Waals surface area contributed by atoms with Crippen molar-refractivity contribution in [2.24, 2.45) is 0 Å². The van der Waals surface area contributed by atoms with Crippen molar-refractivity contribution < 1.29 is 23.2 Å². The maximum absolute atomic E-state index is 14.0. The number of rotatable bonds is 5. The van der Waals surface area contributed by atoms with Crippen molar-refractivity contribution in [3.8, 4) is 0 Å². The summed E-state index contributed by atoms with van der Waals surface area (Å²) in [7, 11) is 0. The van der Waals surface area contributed by atoms with Crippen molar-refractivity contribution >= 4 is 52.2 Å². The molecule has 2 aliphatic heterocycles. The van der Waals surface area contributed by atoms with Gasteiger partial charge in [-0.15, -0.1) is 0 Å². The van der Waals surface area contributed by atoms with Crippen LogP contribution < -0.4 is 4.90 Å². The predicted octanol–water partition coefficient (Wildman–Crippen LogP) is 5.82. The van der Waals surface area contributed by atoms with Crippen LogP contribution >= 0.6 is 23.4 Å². The van der Waals surface area contributed by atoms with Gasteiger partial charge in [0.25, 0.3) is 17.1 Å². The molecule has 3 aromatic carbocycles. The minimum absolute atomic E-state index is 0.0398. The van der Waals surface area contributed by atoms with E-state index in [0.29, 0.717) is 48.4 Å². The van der Waals surface area contributed by atoms with Crippen molar-refractivity contribution in [1.82, 2.24) is 9.80 Å². The third kappa shape index (κ3) is 5.58. The lowest BCUT2D eigenvalue weighted by molar-refractivity contribution is -0.123. The summed E-state index contributed by atoms with van der Waals surface area (Å²) in [5, 5.41) is 0.119. The summed E-state index contributed by atoms with van der Waals surface area (Å²) in [6.45, 7) is 2.15. The van der Waals surface area contributed by atoms with Crippen LogP contribution in [-0.4, -0.2) is 53.0 Å². The van der Waals surface area contributed by atoms with Crippen molar-refractivity contribution in [3.05, 3.63) is 105 Å². The van der Waals surface area contributed by atoms with E-state index in [2.05, 4.69) is 4.90 Å². The number of benzene rings is 3. The van der Waals surface area contributed by atoms with Gasteiger partial charge in [-0.2, -0.15) is 0 Å². The first-order valence-corrected chi connectivity index (χ1v) is 13.1. The number of thioether (sulfide) groups is 1. The smallest absolute Gasteiger partial charge is 0.293 e. The Morgan fingerprint density at radius 2 is 1.71 bits per heavy atom. The molecule has 0 N–H and O–H groups in total. The van der Waals surface area contributed by atoms with Crippen molar-refractivity contribution in [3.63, 3.8) is 0 Å². The monoisotopic (exact) mass is 553 g/mol. The fraction of sp³-hybridized carbons (Fsp3) is 0.179. The summed E-state index contributed by atoms with van der Waals surface area (Å²) >= 11 is 6.84. The average Bonchev–Trinajstić information content (AvgIpc) is 3.17. The second-order valence-corrected chi connectivity index (χ2v) is 10.3. The number of hydrogen-bond acceptors (Lipinski definition) is 5. The summed E-state index contributed by atoms with van der Waals surface area (Å²) < 4.78 is 27.2. The number of amides is 3. The second kappa shape index (κ2) is 11.0. The average molecular weight is 554 g/mol. The van der Waals surface area contributed by atoms with Gasteiger partial charge in [-0.05, 0) is 59.8 Å². The Bertz CT molecular complexity index is 1460. The van der Waals surface area contributed by atoms with Crippen LogP contribution in [0.1, 0.15) is 21.5 Å². The van der Waals surface area contributed by atoms with Gasteiger partial charge in [0.2, 0.25) is 0 Å². The topological polar surface area (TPSA) is 60.9 Å². The number of halogens is 3. The highest BCUT2D eigenvalue weighted by atomic mass is 35.5. The molecule has 2 aliphatic rings. The minimum Gasteiger partial charge on any atom is -0.368 e. The third-order valence-corrected chi connectivity index (χ3v) is 7.53. The van der Waals surface area contributed by atoms with Crippen molar-refractivity contribution in [2.45, 2.75) is 6.54 Å². The fourth-order valence-electron chi connectivity index (χ4n) is 4.39. The van der Waals surface area contributed by atoms with E-state index in [4.69, 9.17) is 11.6 Å². The van der Waals surface area contributed by atoms with Gasteiger partial charge < -0.3 is 9.80 Å². The number of carbonyl (C=O) groups excluding carboxylic acids is 3. The zero-order valence-electron chi connectivity index (χ0n) is 20.1. The Hall–Kier alpha value is -3.69. The number of anilines is 1. The highest BCUT2D eigenvalue weighted by molar-refractivity contribution is 8.18. The fourth-order valence-corrected chi connectivity index (χ4v) is 5.42. The molecule has 2 fully saturated rings. The van der Waals surface area contributed by atoms with Gasteiger partial charge in [0.1, 0.15) is 11.6 Å². The van der Waals surface area contributed by atoms with Crippen molar-refractivity contribution in [1.29, 1.82) is 0 Å². The van der Waals surface area contributed by atoms with Crippen molar-refractivity contribution in [2.75, 3.05) is 31.1 Å². The van der Waals surface area contributed by atoms with Gasteiger partial charge >= 0.3 is 0 Å². The van der Waals surface area contributed by atoms with Gasteiger partial charge in [0.05, 0.1) is 11.4 Å². The Morgan fingerprint density at radius 1 is 0.947 bits per heavy atom. The van der Waals surface area contributed by atoms with E-state index in [0.717, 1.165) is 28.4 Å². The summed E-state index contributed by atoms with van der Waals surface area (Å²) in [5.41, 5.74) is 2.12. The predicted molar refractivity (Wildman–Crippen MR) is 144 cm³/mol. The molecule has 3 amide bonds. The third-order valence-electron chi connectivity index (χ3n) is 6.39. The minimum atomic E-state index is -0.826. The SMILES string of the molecule is O=C(c1cccc(/C=C2\SC(=O)N(Cc3ccc(F)cc3F)C2=O)c1)N1CCN(c2cccc(Cl)c2)CC1. The lowest BCUT2D eigenvalue weighted by atomic mass is 10.1. The van der Waals surface area contributed by atoms with Crippen LogP contribution in [0.4, 0.5) is 19.3 Å². The first-order valence-electron chi connectivity index (χ1n) is 11.9. The first kappa shape index (κ1) is 25.9.